The van der Waals surface area contributed by atoms with Gasteiger partial charge in [-0.25, -0.2) is 4.99 Å². The molecule has 0 bridgehead atoms. The molecule has 0 aromatic heterocycles. The molecule has 1 aromatic carbocycles. The van der Waals surface area contributed by atoms with Crippen molar-refractivity contribution in [2.24, 2.45) is 10.9 Å². The lowest BCUT2D eigenvalue weighted by Gasteiger charge is -2.34. The molecule has 2 heterocycles. The maximum Gasteiger partial charge on any atom is 0.225 e. The van der Waals surface area contributed by atoms with Gasteiger partial charge in [0.25, 0.3) is 0 Å². The number of hydrogen-bond acceptors (Lipinski definition) is 3. The molecule has 6 nitrogen and oxygen atoms in total. The van der Waals surface area contributed by atoms with E-state index < -0.39 is 0 Å². The number of guanidine groups is 1. The standard InChI is InChI=1S/C23H35N5O.HI/c1-4-24-23(26-20-11-15-28(16-12-20)22(29)18(2)3)25-17-19-7-9-21(10-8-19)27-13-5-6-14-27;/h5-10,18,20H,4,11-17H2,1-3H3,(H2,24,25,26);1H. The van der Waals surface area contributed by atoms with Crippen molar-refractivity contribution in [2.45, 2.75) is 46.2 Å². The van der Waals surface area contributed by atoms with Gasteiger partial charge in [0.15, 0.2) is 5.96 Å². The zero-order chi connectivity index (χ0) is 20.6. The van der Waals surface area contributed by atoms with Gasteiger partial charge in [0, 0.05) is 50.4 Å². The van der Waals surface area contributed by atoms with Gasteiger partial charge in [0.1, 0.15) is 0 Å². The Bertz CT molecular complexity index is 716. The highest BCUT2D eigenvalue weighted by atomic mass is 127. The van der Waals surface area contributed by atoms with Crippen molar-refractivity contribution in [1.82, 2.24) is 15.5 Å². The summed E-state index contributed by atoms with van der Waals surface area (Å²) in [6.45, 7) is 11.1. The number of piperidine rings is 1. The average molecular weight is 525 g/mol. The Morgan fingerprint density at radius 2 is 1.77 bits per heavy atom. The summed E-state index contributed by atoms with van der Waals surface area (Å²) in [5.74, 6) is 1.19. The van der Waals surface area contributed by atoms with E-state index in [1.807, 2.05) is 18.7 Å². The van der Waals surface area contributed by atoms with Crippen LogP contribution in [0.1, 0.15) is 39.2 Å². The van der Waals surface area contributed by atoms with Crippen LogP contribution in [0.4, 0.5) is 5.69 Å². The van der Waals surface area contributed by atoms with Crippen LogP contribution in [0.15, 0.2) is 41.4 Å². The molecule has 0 aliphatic carbocycles. The molecular weight excluding hydrogens is 489 g/mol. The van der Waals surface area contributed by atoms with E-state index in [0.717, 1.165) is 51.5 Å². The number of carbonyl (C=O) groups excluding carboxylic acids is 1. The molecule has 0 atom stereocenters. The van der Waals surface area contributed by atoms with Crippen molar-refractivity contribution in [1.29, 1.82) is 0 Å². The molecule has 1 amide bonds. The fraction of sp³-hybridized carbons (Fsp3) is 0.565. The molecule has 0 saturated carbocycles. The lowest BCUT2D eigenvalue weighted by atomic mass is 10.0. The molecular formula is C23H36IN5O. The van der Waals surface area contributed by atoms with E-state index in [0.29, 0.717) is 12.6 Å². The lowest BCUT2D eigenvalue weighted by molar-refractivity contribution is -0.135. The van der Waals surface area contributed by atoms with Gasteiger partial charge >= 0.3 is 0 Å². The van der Waals surface area contributed by atoms with Gasteiger partial charge in [0.05, 0.1) is 6.54 Å². The van der Waals surface area contributed by atoms with E-state index >= 15 is 0 Å². The molecule has 1 aromatic rings. The van der Waals surface area contributed by atoms with Crippen LogP contribution in [0, 0.1) is 5.92 Å². The van der Waals surface area contributed by atoms with E-state index in [9.17, 15) is 4.79 Å². The molecule has 2 aliphatic heterocycles. The molecule has 2 aliphatic rings. The summed E-state index contributed by atoms with van der Waals surface area (Å²) in [6.07, 6.45) is 6.33. The monoisotopic (exact) mass is 525 g/mol. The highest BCUT2D eigenvalue weighted by Crippen LogP contribution is 2.18. The molecule has 3 rings (SSSR count). The minimum Gasteiger partial charge on any atom is -0.364 e. The fourth-order valence-corrected chi connectivity index (χ4v) is 3.79. The van der Waals surface area contributed by atoms with E-state index in [4.69, 9.17) is 4.99 Å². The first-order valence-corrected chi connectivity index (χ1v) is 10.9. The van der Waals surface area contributed by atoms with Gasteiger partial charge in [-0.15, -0.1) is 24.0 Å². The smallest absolute Gasteiger partial charge is 0.225 e. The summed E-state index contributed by atoms with van der Waals surface area (Å²) in [5.41, 5.74) is 2.46. The molecule has 0 radical (unpaired) electrons. The number of benzene rings is 1. The number of nitrogens with zero attached hydrogens (tertiary/aromatic N) is 3. The van der Waals surface area contributed by atoms with Crippen molar-refractivity contribution < 1.29 is 4.79 Å². The second-order valence-corrected chi connectivity index (χ2v) is 8.14. The van der Waals surface area contributed by atoms with E-state index in [-0.39, 0.29) is 35.8 Å². The summed E-state index contributed by atoms with van der Waals surface area (Å²) < 4.78 is 0. The number of halogens is 1. The zero-order valence-corrected chi connectivity index (χ0v) is 20.8. The second kappa shape index (κ2) is 12.2. The summed E-state index contributed by atoms with van der Waals surface area (Å²) in [7, 11) is 0. The van der Waals surface area contributed by atoms with Gasteiger partial charge < -0.3 is 20.4 Å². The molecule has 166 valence electrons. The van der Waals surface area contributed by atoms with Crippen LogP contribution in [0.3, 0.4) is 0 Å². The number of nitrogens with one attached hydrogen (secondary N) is 2. The van der Waals surface area contributed by atoms with Crippen LogP contribution < -0.4 is 15.5 Å². The predicted octanol–water partition coefficient (Wildman–Crippen LogP) is 3.38. The van der Waals surface area contributed by atoms with E-state index in [1.165, 1.54) is 11.3 Å². The molecule has 0 unspecified atom stereocenters. The normalized spacial score (nSPS) is 17.3. The van der Waals surface area contributed by atoms with E-state index in [2.05, 4.69) is 58.9 Å². The topological polar surface area (TPSA) is 60.0 Å². The van der Waals surface area contributed by atoms with Crippen LogP contribution in [0.5, 0.6) is 0 Å². The largest absolute Gasteiger partial charge is 0.364 e. The van der Waals surface area contributed by atoms with Gasteiger partial charge in [-0.2, -0.15) is 0 Å². The highest BCUT2D eigenvalue weighted by molar-refractivity contribution is 14.0. The van der Waals surface area contributed by atoms with Gasteiger partial charge in [-0.3, -0.25) is 4.79 Å². The zero-order valence-electron chi connectivity index (χ0n) is 18.4. The van der Waals surface area contributed by atoms with Crippen LogP contribution in [0.25, 0.3) is 0 Å². The van der Waals surface area contributed by atoms with Crippen molar-refractivity contribution in [3.8, 4) is 0 Å². The van der Waals surface area contributed by atoms with Crippen LogP contribution >= 0.6 is 24.0 Å². The third-order valence-corrected chi connectivity index (χ3v) is 5.53. The Kier molecular flexibility index (Phi) is 9.94. The quantitative estimate of drug-likeness (QED) is 0.259. The molecule has 1 fully saturated rings. The summed E-state index contributed by atoms with van der Waals surface area (Å²) in [6, 6.07) is 9.04. The lowest BCUT2D eigenvalue weighted by Crippen LogP contribution is -2.50. The molecule has 7 heteroatoms. The van der Waals surface area contributed by atoms with Gasteiger partial charge in [-0.05, 0) is 37.5 Å². The first-order valence-electron chi connectivity index (χ1n) is 10.9. The summed E-state index contributed by atoms with van der Waals surface area (Å²) in [4.78, 5) is 21.3. The Balaban J connectivity index is 0.00000320. The van der Waals surface area contributed by atoms with Crippen molar-refractivity contribution >= 4 is 41.5 Å². The second-order valence-electron chi connectivity index (χ2n) is 8.14. The van der Waals surface area contributed by atoms with Crippen LogP contribution in [-0.2, 0) is 11.3 Å². The van der Waals surface area contributed by atoms with Crippen molar-refractivity contribution in [3.05, 3.63) is 42.0 Å². The van der Waals surface area contributed by atoms with Crippen molar-refractivity contribution in [3.63, 3.8) is 0 Å². The Hall–Kier alpha value is -1.77. The SMILES string of the molecule is CCNC(=NCc1ccc(N2CC=CC2)cc1)NC1CCN(C(=O)C(C)C)CC1.I. The number of rotatable bonds is 6. The maximum atomic E-state index is 12.2. The van der Waals surface area contributed by atoms with Crippen LogP contribution in [-0.4, -0.2) is 55.5 Å². The average Bonchev–Trinajstić information content (AvgIpc) is 3.27. The minimum atomic E-state index is 0. The number of carbonyl (C=O) groups is 1. The maximum absolute atomic E-state index is 12.2. The Labute approximate surface area is 198 Å². The fourth-order valence-electron chi connectivity index (χ4n) is 3.79. The Morgan fingerprint density at radius 3 is 2.33 bits per heavy atom. The third kappa shape index (κ3) is 6.89. The Morgan fingerprint density at radius 1 is 1.13 bits per heavy atom. The van der Waals surface area contributed by atoms with Gasteiger partial charge in [0.2, 0.25) is 5.91 Å². The molecule has 30 heavy (non-hydrogen) atoms. The van der Waals surface area contributed by atoms with Crippen molar-refractivity contribution in [2.75, 3.05) is 37.6 Å². The first-order chi connectivity index (χ1) is 14.1. The number of hydrogen-bond donors (Lipinski definition) is 2. The summed E-state index contributed by atoms with van der Waals surface area (Å²) >= 11 is 0. The third-order valence-electron chi connectivity index (χ3n) is 5.53. The molecule has 1 saturated heterocycles. The number of aliphatic imine (C=N–C) groups is 1. The number of amides is 1. The molecule has 2 N–H and O–H groups in total. The number of likely N-dealkylation sites (tertiary alicyclic amines) is 1. The number of anilines is 1. The van der Waals surface area contributed by atoms with Gasteiger partial charge in [-0.1, -0.05) is 38.1 Å². The summed E-state index contributed by atoms with van der Waals surface area (Å²) in [5, 5.41) is 6.91. The highest BCUT2D eigenvalue weighted by Gasteiger charge is 2.24. The molecule has 0 spiro atoms. The van der Waals surface area contributed by atoms with E-state index in [1.54, 1.807) is 0 Å². The van der Waals surface area contributed by atoms with Crippen LogP contribution in [0.2, 0.25) is 0 Å². The predicted molar refractivity (Wildman–Crippen MR) is 136 cm³/mol. The first kappa shape index (κ1) is 24.5. The minimum absolute atomic E-state index is 0.